The lowest BCUT2D eigenvalue weighted by molar-refractivity contribution is -0.145. The number of hydrogen-bond donors (Lipinski definition) is 7. The highest BCUT2D eigenvalue weighted by Crippen LogP contribution is 2.48. The van der Waals surface area contributed by atoms with E-state index >= 15 is 0 Å². The third-order valence-corrected chi connectivity index (χ3v) is 26.3. The summed E-state index contributed by atoms with van der Waals surface area (Å²) in [6, 6.07) is 75.7. The molecule has 24 rings (SSSR count). The number of carboxylic acid groups (broad SMARTS) is 1. The first-order chi connectivity index (χ1) is 62.5. The summed E-state index contributed by atoms with van der Waals surface area (Å²) in [5.41, 5.74) is 56.8. The summed E-state index contributed by atoms with van der Waals surface area (Å²) in [7, 11) is 0. The summed E-state index contributed by atoms with van der Waals surface area (Å²) in [6.45, 7) is 0. The predicted octanol–water partition coefficient (Wildman–Crippen LogP) is 18.6. The Kier molecular flexibility index (Phi) is 20.3. The van der Waals surface area contributed by atoms with Crippen LogP contribution in [0.2, 0.25) is 0 Å². The van der Waals surface area contributed by atoms with Gasteiger partial charge in [0.15, 0.2) is 0 Å². The molecule has 13 heterocycles. The highest BCUT2D eigenvalue weighted by Gasteiger charge is 2.41. The Labute approximate surface area is 736 Å². The van der Waals surface area contributed by atoms with Gasteiger partial charge in [-0.15, -0.1) is 11.3 Å². The van der Waals surface area contributed by atoms with Gasteiger partial charge in [0, 0.05) is 146 Å². The lowest BCUT2D eigenvalue weighted by Crippen LogP contribution is -2.34. The lowest BCUT2D eigenvalue weighted by Gasteiger charge is -2.31. The summed E-state index contributed by atoms with van der Waals surface area (Å²) in [5.74, 6) is 4.61. The van der Waals surface area contributed by atoms with E-state index in [0.29, 0.717) is 67.7 Å². The zero-order valence-electron chi connectivity index (χ0n) is 69.2. The highest BCUT2D eigenvalue weighted by molar-refractivity contribution is 7.13. The highest BCUT2D eigenvalue weighted by atomic mass is 32.1. The van der Waals surface area contributed by atoms with Crippen LogP contribution in [0.25, 0.3) is 155 Å². The number of nitrogens with two attached hydrogens (primary N) is 6. The summed E-state index contributed by atoms with van der Waals surface area (Å²) < 4.78 is 8.08. The normalized spacial score (nSPS) is 17.1. The van der Waals surface area contributed by atoms with E-state index in [1.54, 1.807) is 36.1 Å². The monoisotopic (exact) mass is 1700 g/mol. The number of nitrogen functional groups attached to an aromatic ring is 4. The van der Waals surface area contributed by atoms with Crippen molar-refractivity contribution in [1.82, 2.24) is 77.4 Å². The van der Waals surface area contributed by atoms with Crippen molar-refractivity contribution in [2.75, 3.05) is 22.9 Å². The number of carbonyl (C=O) groups excluding carboxylic acids is 2. The fraction of sp³-hybridized carbons (Fsp3) is 0.158. The number of imidazole rings is 4. The average molecular weight is 1700 g/mol. The molecule has 7 aromatic carbocycles. The number of aromatic nitrogens is 16. The van der Waals surface area contributed by atoms with Crippen LogP contribution >= 0.6 is 11.3 Å². The van der Waals surface area contributed by atoms with Crippen LogP contribution in [0.3, 0.4) is 0 Å². The van der Waals surface area contributed by atoms with Gasteiger partial charge in [0.25, 0.3) is 0 Å². The Morgan fingerprint density at radius 2 is 0.609 bits per heavy atom. The molecule has 0 aliphatic heterocycles. The van der Waals surface area contributed by atoms with Crippen LogP contribution in [0, 0.1) is 17.8 Å². The summed E-state index contributed by atoms with van der Waals surface area (Å²) in [4.78, 5) is 92.2. The van der Waals surface area contributed by atoms with Gasteiger partial charge in [-0.3, -0.25) is 32.0 Å². The zero-order valence-corrected chi connectivity index (χ0v) is 70.0. The molecule has 0 spiro atoms. The van der Waals surface area contributed by atoms with Crippen molar-refractivity contribution in [2.24, 2.45) is 29.2 Å². The quantitative estimate of drug-likeness (QED) is 0.0501. The van der Waals surface area contributed by atoms with E-state index in [-0.39, 0.29) is 47.3 Å². The molecule has 0 radical (unpaired) electrons. The maximum absolute atomic E-state index is 11.5. The molecule has 4 saturated carbocycles. The van der Waals surface area contributed by atoms with Gasteiger partial charge in [-0.2, -0.15) is 0 Å². The number of thiophene rings is 1. The van der Waals surface area contributed by atoms with Gasteiger partial charge < -0.3 is 39.5 Å². The van der Waals surface area contributed by atoms with Gasteiger partial charge in [-0.05, 0) is 111 Å². The summed E-state index contributed by atoms with van der Waals surface area (Å²) >= 11 is 1.70. The number of primary amides is 2. The minimum atomic E-state index is -0.747. The molecular formula is C101H84N22O4S. The van der Waals surface area contributed by atoms with Crippen molar-refractivity contribution in [3.05, 3.63) is 303 Å². The van der Waals surface area contributed by atoms with Crippen LogP contribution in [-0.4, -0.2) is 100 Å². The predicted molar refractivity (Wildman–Crippen MR) is 501 cm³/mol. The molecule has 4 aliphatic rings. The largest absolute Gasteiger partial charge is 0.481 e. The molecule has 128 heavy (non-hydrogen) atoms. The molecule has 13 N–H and O–H groups in total. The lowest BCUT2D eigenvalue weighted by atomic mass is 9.74. The van der Waals surface area contributed by atoms with Crippen molar-refractivity contribution >= 4 is 118 Å². The van der Waals surface area contributed by atoms with E-state index in [4.69, 9.17) is 74.3 Å². The Hall–Kier alpha value is -16.0. The van der Waals surface area contributed by atoms with Gasteiger partial charge in [0.2, 0.25) is 11.8 Å². The van der Waals surface area contributed by atoms with Gasteiger partial charge in [0.05, 0.1) is 55.6 Å². The van der Waals surface area contributed by atoms with Crippen LogP contribution in [0.1, 0.15) is 105 Å². The van der Waals surface area contributed by atoms with E-state index in [1.807, 2.05) is 165 Å². The molecule has 4 aliphatic carbocycles. The number of aliphatic carboxylic acids is 1. The number of amides is 2. The zero-order chi connectivity index (χ0) is 87.0. The Bertz CT molecular complexity index is 7180. The van der Waals surface area contributed by atoms with E-state index in [0.717, 1.165) is 173 Å². The number of carboxylic acids is 1. The second-order valence-corrected chi connectivity index (χ2v) is 34.2. The van der Waals surface area contributed by atoms with Crippen molar-refractivity contribution in [3.63, 3.8) is 0 Å². The number of rotatable bonds is 15. The van der Waals surface area contributed by atoms with Crippen LogP contribution in [0.15, 0.2) is 279 Å². The molecule has 0 atom stereocenters. The molecule has 0 saturated heterocycles. The van der Waals surface area contributed by atoms with Gasteiger partial charge in [-0.1, -0.05) is 176 Å². The maximum atomic E-state index is 11.5. The molecule has 0 bridgehead atoms. The minimum absolute atomic E-state index is 0.0809. The second-order valence-electron chi connectivity index (χ2n) is 33.3. The third kappa shape index (κ3) is 14.8. The molecule has 2 amide bonds. The number of carbonyl (C=O) groups is 3. The van der Waals surface area contributed by atoms with Crippen molar-refractivity contribution in [3.8, 4) is 89.4 Å². The van der Waals surface area contributed by atoms with Gasteiger partial charge in [0.1, 0.15) is 91.4 Å². The van der Waals surface area contributed by atoms with E-state index < -0.39 is 5.97 Å². The number of pyridine rings is 4. The Morgan fingerprint density at radius 3 is 0.891 bits per heavy atom. The molecule has 0 unspecified atom stereocenters. The molecule has 13 aromatic heterocycles. The molecule has 26 nitrogen and oxygen atoms in total. The number of hydrogen-bond acceptors (Lipinski definition) is 20. The van der Waals surface area contributed by atoms with Crippen LogP contribution in [0.4, 0.5) is 23.3 Å². The van der Waals surface area contributed by atoms with E-state index in [9.17, 15) is 19.5 Å². The number of fused-ring (bicyclic) bond motifs is 8. The first-order valence-electron chi connectivity index (χ1n) is 42.7. The fourth-order valence-corrected chi connectivity index (χ4v) is 18.7. The molecule has 27 heteroatoms. The van der Waals surface area contributed by atoms with Crippen LogP contribution < -0.4 is 34.4 Å². The first-order valence-corrected chi connectivity index (χ1v) is 43.6. The molecule has 4 fully saturated rings. The Balaban J connectivity index is 0.000000104. The van der Waals surface area contributed by atoms with Crippen LogP contribution in [-0.2, 0) is 14.4 Å². The number of anilines is 4. The molecular weight excluding hydrogens is 1620 g/mol. The van der Waals surface area contributed by atoms with Crippen molar-refractivity contribution in [1.29, 1.82) is 0 Å². The first kappa shape index (κ1) is 79.2. The van der Waals surface area contributed by atoms with E-state index in [2.05, 4.69) is 127 Å². The number of benzene rings is 7. The molecule has 20 aromatic rings. The smallest absolute Gasteiger partial charge is 0.306 e. The summed E-state index contributed by atoms with van der Waals surface area (Å²) in [5, 5.41) is 15.6. The topological polar surface area (TPSA) is 400 Å². The fourth-order valence-electron chi connectivity index (χ4n) is 18.1. The summed E-state index contributed by atoms with van der Waals surface area (Å²) in [6.07, 6.45) is 21.9. The standard InChI is InChI=1S/2C26H22N6O.C26H21N5O2.C23H19N5S/c2*27-24-23-22(31-26(32(23)11-10-29-24)19-12-18(13-19)25(28)33)17-7-6-16-8-9-20(30-21(16)14-17)15-4-2-1-3-5-15;27-24-23-22(30-25(31(23)11-10-28-24)18-12-19(13-18)26(32)33)17-7-6-16-8-9-20(29-21(16)14-17)15-4-2-1-3-5-15;24-22-21-20(27-23(15-3-1-4-15)28(21)11-10-25-22)16-7-6-14-8-9-17(26-18(14)13-16)19-5-2-12-29-19/h2*1-11,14,18-19H,12-13H2,(H2,27,29)(H2,28,33);1-11,14,18-19H,12-13H2,(H2,27,28)(H,32,33);2,5-13,15H,1,3-4H2,(H2,24,25). The Morgan fingerprint density at radius 1 is 0.320 bits per heavy atom. The van der Waals surface area contributed by atoms with Crippen molar-refractivity contribution < 1.29 is 19.5 Å². The molecule has 628 valence electrons. The average Bonchev–Trinajstić information content (AvgIpc) is 1.61. The van der Waals surface area contributed by atoms with Crippen LogP contribution in [0.5, 0.6) is 0 Å². The SMILES string of the molecule is NC(=O)C1CC(c2nc(-c3ccc4ccc(-c5ccccc5)nc4c3)c3c(N)nccn23)C1.NC(=O)C1CC(c2nc(-c3ccc4ccc(-c5ccccc5)nc4c3)c3c(N)nccn23)C1.Nc1nccn2c(C3CC(C(=O)O)C3)nc(-c3ccc4ccc(-c5ccccc5)nc4c3)c12.Nc1nccn2c(C3CCC3)nc(-c3ccc4ccc(-c5cccs5)nc4c3)c12. The van der Waals surface area contributed by atoms with Gasteiger partial charge in [-0.25, -0.2) is 59.8 Å². The maximum Gasteiger partial charge on any atom is 0.306 e. The van der Waals surface area contributed by atoms with Crippen molar-refractivity contribution in [2.45, 2.75) is 81.5 Å². The third-order valence-electron chi connectivity index (χ3n) is 25.4. The number of nitrogens with zero attached hydrogens (tertiary/aromatic N) is 16. The van der Waals surface area contributed by atoms with E-state index in [1.165, 1.54) is 24.1 Å². The minimum Gasteiger partial charge on any atom is -0.481 e. The van der Waals surface area contributed by atoms with Gasteiger partial charge >= 0.3 is 5.97 Å². The second kappa shape index (κ2) is 32.9.